The van der Waals surface area contributed by atoms with Crippen molar-refractivity contribution in [3.05, 3.63) is 23.0 Å². The van der Waals surface area contributed by atoms with Gasteiger partial charge in [0.25, 0.3) is 0 Å². The first-order valence-corrected chi connectivity index (χ1v) is 6.80. The van der Waals surface area contributed by atoms with E-state index in [4.69, 9.17) is 0 Å². The van der Waals surface area contributed by atoms with Crippen LogP contribution < -0.4 is 0 Å². The summed E-state index contributed by atoms with van der Waals surface area (Å²) in [6, 6.07) is 1.80. The molecule has 2 amide bonds. The van der Waals surface area contributed by atoms with Crippen LogP contribution >= 0.6 is 0 Å². The molecule has 20 heavy (non-hydrogen) atoms. The lowest BCUT2D eigenvalue weighted by atomic mass is 9.97. The Morgan fingerprint density at radius 2 is 1.80 bits per heavy atom. The van der Waals surface area contributed by atoms with E-state index in [1.165, 1.54) is 0 Å². The minimum atomic E-state index is -0.243. The van der Waals surface area contributed by atoms with Crippen LogP contribution in [-0.2, 0) is 16.6 Å². The summed E-state index contributed by atoms with van der Waals surface area (Å²) in [6.45, 7) is 5.51. The second-order valence-corrected chi connectivity index (χ2v) is 5.65. The molecule has 5 heteroatoms. The van der Waals surface area contributed by atoms with Crippen LogP contribution in [0.2, 0.25) is 0 Å². The fourth-order valence-corrected chi connectivity index (χ4v) is 2.57. The van der Waals surface area contributed by atoms with Crippen molar-refractivity contribution in [3.63, 3.8) is 0 Å². The number of likely N-dealkylation sites (tertiary alicyclic amines) is 1. The molecular formula is C15H20N2O3. The Morgan fingerprint density at radius 1 is 1.25 bits per heavy atom. The molecule has 0 atom stereocenters. The van der Waals surface area contributed by atoms with Gasteiger partial charge in [0.1, 0.15) is 0 Å². The smallest absolute Gasteiger partial charge is 0.229 e. The Labute approximate surface area is 118 Å². The van der Waals surface area contributed by atoms with Gasteiger partial charge in [-0.05, 0) is 25.8 Å². The third-order valence-electron chi connectivity index (χ3n) is 4.03. The van der Waals surface area contributed by atoms with Gasteiger partial charge in [0, 0.05) is 36.8 Å². The molecule has 5 nitrogen and oxygen atoms in total. The molecule has 1 aromatic rings. The number of hydrogen-bond donors (Lipinski definition) is 0. The van der Waals surface area contributed by atoms with Crippen molar-refractivity contribution in [1.29, 1.82) is 0 Å². The van der Waals surface area contributed by atoms with Crippen molar-refractivity contribution >= 4 is 17.6 Å². The number of Topliss-reactive ketones (excluding diaryl/α,β-unsaturated/α-hetero) is 1. The number of hydrogen-bond acceptors (Lipinski definition) is 3. The quantitative estimate of drug-likeness (QED) is 0.622. The van der Waals surface area contributed by atoms with Gasteiger partial charge in [-0.3, -0.25) is 19.3 Å². The highest BCUT2D eigenvalue weighted by Crippen LogP contribution is 2.20. The van der Waals surface area contributed by atoms with Gasteiger partial charge in [-0.25, -0.2) is 0 Å². The van der Waals surface area contributed by atoms with E-state index < -0.39 is 0 Å². The van der Waals surface area contributed by atoms with Gasteiger partial charge in [0.2, 0.25) is 11.8 Å². The van der Waals surface area contributed by atoms with E-state index in [2.05, 4.69) is 0 Å². The normalized spacial score (nSPS) is 16.9. The van der Waals surface area contributed by atoms with Crippen molar-refractivity contribution in [2.45, 2.75) is 33.6 Å². The predicted molar refractivity (Wildman–Crippen MR) is 74.3 cm³/mol. The zero-order valence-corrected chi connectivity index (χ0v) is 12.4. The van der Waals surface area contributed by atoms with Crippen LogP contribution in [0.25, 0.3) is 0 Å². The summed E-state index contributed by atoms with van der Waals surface area (Å²) in [4.78, 5) is 37.2. The fraction of sp³-hybridized carbons (Fsp3) is 0.533. The number of amides is 2. The molecule has 1 aliphatic rings. The molecule has 0 bridgehead atoms. The number of aryl methyl sites for hydroxylation is 1. The lowest BCUT2D eigenvalue weighted by molar-refractivity contribution is -0.149. The highest BCUT2D eigenvalue weighted by Gasteiger charge is 2.32. The van der Waals surface area contributed by atoms with Crippen LogP contribution in [0.1, 0.15) is 41.5 Å². The number of carbonyl (C=O) groups is 3. The van der Waals surface area contributed by atoms with Crippen LogP contribution in [0.4, 0.5) is 0 Å². The largest absolute Gasteiger partial charge is 0.351 e. The molecule has 1 aliphatic heterocycles. The van der Waals surface area contributed by atoms with Gasteiger partial charge in [-0.15, -0.1) is 0 Å². The van der Waals surface area contributed by atoms with Crippen LogP contribution in [-0.4, -0.2) is 33.6 Å². The van der Waals surface area contributed by atoms with E-state index in [0.717, 1.165) is 16.3 Å². The first-order chi connectivity index (χ1) is 9.31. The van der Waals surface area contributed by atoms with Crippen molar-refractivity contribution < 1.29 is 14.4 Å². The Morgan fingerprint density at radius 3 is 2.25 bits per heavy atom. The zero-order chi connectivity index (χ0) is 15.0. The number of rotatable bonds is 3. The molecular weight excluding hydrogens is 256 g/mol. The first kappa shape index (κ1) is 14.5. The number of nitrogens with zero attached hydrogens (tertiary/aromatic N) is 2. The van der Waals surface area contributed by atoms with E-state index >= 15 is 0 Å². The summed E-state index contributed by atoms with van der Waals surface area (Å²) < 4.78 is 1.93. The Hall–Kier alpha value is -1.91. The summed E-state index contributed by atoms with van der Waals surface area (Å²) in [5.74, 6) is -0.593. The van der Waals surface area contributed by atoms with E-state index in [0.29, 0.717) is 18.4 Å². The summed E-state index contributed by atoms with van der Waals surface area (Å²) in [6.07, 6.45) is 0.678. The lowest BCUT2D eigenvalue weighted by Gasteiger charge is -2.27. The number of aromatic nitrogens is 1. The molecule has 0 aromatic carbocycles. The number of imide groups is 1. The van der Waals surface area contributed by atoms with Crippen molar-refractivity contribution in [2.24, 2.45) is 13.0 Å². The van der Waals surface area contributed by atoms with Crippen molar-refractivity contribution in [1.82, 2.24) is 9.47 Å². The maximum atomic E-state index is 12.3. The predicted octanol–water partition coefficient (Wildman–Crippen LogP) is 1.61. The van der Waals surface area contributed by atoms with Gasteiger partial charge < -0.3 is 4.57 Å². The average Bonchev–Trinajstić information content (AvgIpc) is 2.61. The molecule has 2 rings (SSSR count). The highest BCUT2D eigenvalue weighted by atomic mass is 16.2. The van der Waals surface area contributed by atoms with Gasteiger partial charge >= 0.3 is 0 Å². The Kier molecular flexibility index (Phi) is 3.79. The SMILES string of the molecule is Cc1cc(C(=O)CN2C(=O)CC(C)CC2=O)c(C)n1C. The first-order valence-electron chi connectivity index (χ1n) is 6.80. The van der Waals surface area contributed by atoms with Gasteiger partial charge in [0.15, 0.2) is 5.78 Å². The second kappa shape index (κ2) is 5.23. The molecule has 108 valence electrons. The minimum absolute atomic E-state index is 0.0713. The minimum Gasteiger partial charge on any atom is -0.351 e. The van der Waals surface area contributed by atoms with E-state index in [-0.39, 0.29) is 30.1 Å². The highest BCUT2D eigenvalue weighted by molar-refractivity contribution is 6.06. The third kappa shape index (κ3) is 2.53. The Bertz CT molecular complexity index is 568. The van der Waals surface area contributed by atoms with Gasteiger partial charge in [-0.1, -0.05) is 6.92 Å². The molecule has 0 unspecified atom stereocenters. The van der Waals surface area contributed by atoms with E-state index in [9.17, 15) is 14.4 Å². The average molecular weight is 276 g/mol. The zero-order valence-electron chi connectivity index (χ0n) is 12.4. The molecule has 0 radical (unpaired) electrons. The van der Waals surface area contributed by atoms with Crippen LogP contribution in [0.5, 0.6) is 0 Å². The summed E-state index contributed by atoms with van der Waals surface area (Å²) in [5, 5.41) is 0. The van der Waals surface area contributed by atoms with Crippen LogP contribution in [0, 0.1) is 19.8 Å². The van der Waals surface area contributed by atoms with Crippen LogP contribution in [0.3, 0.4) is 0 Å². The second-order valence-electron chi connectivity index (χ2n) is 5.65. The molecule has 1 saturated heterocycles. The maximum absolute atomic E-state index is 12.3. The van der Waals surface area contributed by atoms with E-state index in [1.54, 1.807) is 6.07 Å². The summed E-state index contributed by atoms with van der Waals surface area (Å²) in [5.41, 5.74) is 2.43. The fourth-order valence-electron chi connectivity index (χ4n) is 2.57. The van der Waals surface area contributed by atoms with Crippen molar-refractivity contribution in [3.8, 4) is 0 Å². The molecule has 0 N–H and O–H groups in total. The maximum Gasteiger partial charge on any atom is 0.229 e. The van der Waals surface area contributed by atoms with Crippen molar-refractivity contribution in [2.75, 3.05) is 6.54 Å². The molecule has 0 aliphatic carbocycles. The summed E-state index contributed by atoms with van der Waals surface area (Å²) in [7, 11) is 1.89. The molecule has 1 fully saturated rings. The topological polar surface area (TPSA) is 59.4 Å². The molecule has 0 spiro atoms. The molecule has 2 heterocycles. The monoisotopic (exact) mass is 276 g/mol. The lowest BCUT2D eigenvalue weighted by Crippen LogP contribution is -2.45. The van der Waals surface area contributed by atoms with Gasteiger partial charge in [0.05, 0.1) is 6.54 Å². The number of ketones is 1. The molecule has 0 saturated carbocycles. The summed E-state index contributed by atoms with van der Waals surface area (Å²) >= 11 is 0. The van der Waals surface area contributed by atoms with Crippen LogP contribution in [0.15, 0.2) is 6.07 Å². The van der Waals surface area contributed by atoms with E-state index in [1.807, 2.05) is 32.4 Å². The Balaban J connectivity index is 2.17. The third-order valence-corrected chi connectivity index (χ3v) is 4.03. The standard InChI is InChI=1S/C15H20N2O3/c1-9-5-14(19)17(15(20)6-9)8-13(18)12-7-10(2)16(4)11(12)3/h7,9H,5-6,8H2,1-4H3. The van der Waals surface area contributed by atoms with Gasteiger partial charge in [-0.2, -0.15) is 0 Å². The molecule has 1 aromatic heterocycles. The number of piperidine rings is 1. The number of carbonyl (C=O) groups excluding carboxylic acids is 3.